The number of benzene rings is 1. The van der Waals surface area contributed by atoms with Crippen molar-refractivity contribution in [3.05, 3.63) is 30.3 Å². The van der Waals surface area contributed by atoms with E-state index in [-0.39, 0.29) is 47.0 Å². The van der Waals surface area contributed by atoms with Crippen molar-refractivity contribution in [3.63, 3.8) is 0 Å². The van der Waals surface area contributed by atoms with Crippen molar-refractivity contribution in [1.29, 1.82) is 0 Å². The van der Waals surface area contributed by atoms with Gasteiger partial charge in [-0.05, 0) is 6.26 Å². The first-order valence-corrected chi connectivity index (χ1v) is 3.66. The van der Waals surface area contributed by atoms with Gasteiger partial charge in [-0.25, -0.2) is 0 Å². The second kappa shape index (κ2) is 8.17. The molecule has 0 aromatic heterocycles. The first-order chi connectivity index (χ1) is 3.93. The fourth-order valence-electron chi connectivity index (χ4n) is 0.504. The van der Waals surface area contributed by atoms with E-state index in [1.807, 2.05) is 30.5 Å². The molecule has 0 aliphatic rings. The molecule has 0 saturated heterocycles. The van der Waals surface area contributed by atoms with Crippen molar-refractivity contribution in [2.24, 2.45) is 0 Å². The van der Waals surface area contributed by atoms with E-state index < -0.39 is 0 Å². The second-order valence-corrected chi connectivity index (χ2v) is 2.28. The summed E-state index contributed by atoms with van der Waals surface area (Å²) in [6.07, 6.45) is 2.05. The number of thioether (sulfide) groups is 1. The molecule has 1 aromatic carbocycles. The summed E-state index contributed by atoms with van der Waals surface area (Å²) in [4.78, 5) is 1.20. The Labute approximate surface area is 99.3 Å². The molecule has 3 heteroatoms. The van der Waals surface area contributed by atoms with Gasteiger partial charge in [0.15, 0.2) is 0 Å². The van der Waals surface area contributed by atoms with Crippen LogP contribution < -0.4 is 24.0 Å². The number of hydrogen-bond acceptors (Lipinski definition) is 1. The molecule has 0 atom stereocenters. The molecule has 10 heavy (non-hydrogen) atoms. The normalized spacial score (nSPS) is 7.30. The maximum atomic E-state index is 3.08. The van der Waals surface area contributed by atoms with E-state index in [0.717, 1.165) is 0 Å². The van der Waals surface area contributed by atoms with E-state index in [9.17, 15) is 0 Å². The minimum atomic E-state index is 0. The van der Waals surface area contributed by atoms with Crippen molar-refractivity contribution in [2.45, 2.75) is 4.90 Å². The molecule has 0 N–H and O–H groups in total. The summed E-state index contributed by atoms with van der Waals surface area (Å²) in [5.41, 5.74) is 0. The summed E-state index contributed by atoms with van der Waals surface area (Å²) in [5, 5.41) is 0. The predicted octanol–water partition coefficient (Wildman–Crippen LogP) is -1.17. The molecular weight excluding hydrogens is 267 g/mol. The smallest absolute Gasteiger partial charge is 1.00 e. The standard InChI is InChI=1S/C7H7S.HI.Mg/c1-8-7-5-3-2-4-6-7;;/h2-5H,1H3;1H;/q-1;;+2/p-1. The SMILES string of the molecule is CSc1[c-]cccc1.[I-].[Mg+2]. The Bertz CT molecular complexity index is 155. The Morgan fingerprint density at radius 1 is 1.40 bits per heavy atom. The van der Waals surface area contributed by atoms with Crippen LogP contribution in [0.1, 0.15) is 0 Å². The van der Waals surface area contributed by atoms with Gasteiger partial charge < -0.3 is 24.0 Å². The van der Waals surface area contributed by atoms with Crippen LogP contribution in [0.15, 0.2) is 29.2 Å². The zero-order valence-corrected chi connectivity index (χ0v) is 10.2. The third kappa shape index (κ3) is 4.82. The van der Waals surface area contributed by atoms with Crippen LogP contribution in [0.3, 0.4) is 0 Å². The molecule has 0 aliphatic carbocycles. The van der Waals surface area contributed by atoms with Gasteiger partial charge in [-0.2, -0.15) is 42.1 Å². The van der Waals surface area contributed by atoms with Crippen LogP contribution in [0, 0.1) is 6.07 Å². The van der Waals surface area contributed by atoms with Gasteiger partial charge in [0.1, 0.15) is 0 Å². The summed E-state index contributed by atoms with van der Waals surface area (Å²) in [6.45, 7) is 0. The van der Waals surface area contributed by atoms with E-state index >= 15 is 0 Å². The van der Waals surface area contributed by atoms with E-state index in [1.54, 1.807) is 11.8 Å². The molecule has 0 saturated carbocycles. The van der Waals surface area contributed by atoms with Crippen LogP contribution in [0.25, 0.3) is 0 Å². The maximum Gasteiger partial charge on any atom is 2.00 e. The predicted molar refractivity (Wildman–Crippen MR) is 42.8 cm³/mol. The molecule has 0 amide bonds. The van der Waals surface area contributed by atoms with Gasteiger partial charge in [-0.3, -0.25) is 0 Å². The molecule has 1 aromatic rings. The minimum Gasteiger partial charge on any atom is -1.00 e. The fraction of sp³-hybridized carbons (Fsp3) is 0.143. The molecule has 0 bridgehead atoms. The van der Waals surface area contributed by atoms with Gasteiger partial charge in [0.2, 0.25) is 0 Å². The molecule has 0 spiro atoms. The molecule has 0 unspecified atom stereocenters. The van der Waals surface area contributed by atoms with Gasteiger partial charge in [0, 0.05) is 0 Å². The minimum absolute atomic E-state index is 0. The molecule has 50 valence electrons. The zero-order chi connectivity index (χ0) is 5.82. The van der Waals surface area contributed by atoms with Crippen LogP contribution in [-0.2, 0) is 0 Å². The Morgan fingerprint density at radius 2 is 2.10 bits per heavy atom. The monoisotopic (exact) mass is 274 g/mol. The fourth-order valence-corrected chi connectivity index (χ4v) is 0.904. The zero-order valence-electron chi connectivity index (χ0n) is 5.80. The summed E-state index contributed by atoms with van der Waals surface area (Å²) in [6, 6.07) is 11.0. The summed E-state index contributed by atoms with van der Waals surface area (Å²) < 4.78 is 0. The number of hydrogen-bond donors (Lipinski definition) is 0. The Hall–Kier alpha value is 1.07. The average Bonchev–Trinajstić information content (AvgIpc) is 1.90. The number of halogens is 1. The topological polar surface area (TPSA) is 0 Å². The molecular formula is C7H7IMgS. The first kappa shape index (κ1) is 13.6. The van der Waals surface area contributed by atoms with Crippen molar-refractivity contribution in [3.8, 4) is 0 Å². The van der Waals surface area contributed by atoms with Crippen LogP contribution in [0.5, 0.6) is 0 Å². The molecule has 1 rings (SSSR count). The molecule has 0 radical (unpaired) electrons. The quantitative estimate of drug-likeness (QED) is 0.269. The molecule has 0 fully saturated rings. The molecule has 0 heterocycles. The Kier molecular flexibility index (Phi) is 11.1. The van der Waals surface area contributed by atoms with Crippen molar-refractivity contribution in [1.82, 2.24) is 0 Å². The Morgan fingerprint density at radius 3 is 2.40 bits per heavy atom. The second-order valence-electron chi connectivity index (χ2n) is 1.43. The van der Waals surface area contributed by atoms with E-state index in [1.165, 1.54) is 4.90 Å². The largest absolute Gasteiger partial charge is 2.00 e. The average molecular weight is 274 g/mol. The van der Waals surface area contributed by atoms with E-state index in [2.05, 4.69) is 6.07 Å². The Balaban J connectivity index is 0. The molecule has 0 aliphatic heterocycles. The summed E-state index contributed by atoms with van der Waals surface area (Å²) >= 11 is 1.71. The van der Waals surface area contributed by atoms with Crippen LogP contribution in [0.2, 0.25) is 0 Å². The van der Waals surface area contributed by atoms with Crippen LogP contribution >= 0.6 is 11.8 Å². The van der Waals surface area contributed by atoms with Crippen LogP contribution in [0.4, 0.5) is 0 Å². The summed E-state index contributed by atoms with van der Waals surface area (Å²) in [7, 11) is 0. The maximum absolute atomic E-state index is 3.08. The van der Waals surface area contributed by atoms with Gasteiger partial charge in [-0.1, -0.05) is 0 Å². The van der Waals surface area contributed by atoms with Gasteiger partial charge in [0.05, 0.1) is 0 Å². The third-order valence-corrected chi connectivity index (χ3v) is 1.59. The van der Waals surface area contributed by atoms with Gasteiger partial charge in [-0.15, -0.1) is 4.90 Å². The van der Waals surface area contributed by atoms with Gasteiger partial charge in [0.25, 0.3) is 0 Å². The van der Waals surface area contributed by atoms with Crippen molar-refractivity contribution >= 4 is 34.8 Å². The van der Waals surface area contributed by atoms with Crippen molar-refractivity contribution in [2.75, 3.05) is 6.26 Å². The molecule has 0 nitrogen and oxygen atoms in total. The third-order valence-electron chi connectivity index (χ3n) is 0.900. The van der Waals surface area contributed by atoms with Crippen molar-refractivity contribution < 1.29 is 24.0 Å². The number of rotatable bonds is 1. The van der Waals surface area contributed by atoms with Gasteiger partial charge >= 0.3 is 23.1 Å². The van der Waals surface area contributed by atoms with Crippen LogP contribution in [-0.4, -0.2) is 29.3 Å². The van der Waals surface area contributed by atoms with E-state index in [0.29, 0.717) is 0 Å². The first-order valence-electron chi connectivity index (χ1n) is 2.44. The summed E-state index contributed by atoms with van der Waals surface area (Å²) in [5.74, 6) is 0. The van der Waals surface area contributed by atoms with E-state index in [4.69, 9.17) is 0 Å².